The molecule has 2 rings (SSSR count). The molecule has 0 bridgehead atoms. The van der Waals surface area contributed by atoms with Crippen molar-refractivity contribution in [1.29, 1.82) is 0 Å². The van der Waals surface area contributed by atoms with Gasteiger partial charge in [0.15, 0.2) is 0 Å². The molecular formula is C16H15BrClFN2O. The van der Waals surface area contributed by atoms with Crippen LogP contribution in [0.1, 0.15) is 12.5 Å². The fraction of sp³-hybridized carbons (Fsp3) is 0.188. The van der Waals surface area contributed by atoms with Gasteiger partial charge in [-0.2, -0.15) is 0 Å². The van der Waals surface area contributed by atoms with Crippen LogP contribution in [0.3, 0.4) is 0 Å². The Kier molecular flexibility index (Phi) is 5.42. The third-order valence-electron chi connectivity index (χ3n) is 3.12. The van der Waals surface area contributed by atoms with Crippen LogP contribution in [-0.4, -0.2) is 11.9 Å². The lowest BCUT2D eigenvalue weighted by Crippen LogP contribution is -2.32. The van der Waals surface area contributed by atoms with Crippen LogP contribution in [0.4, 0.5) is 15.8 Å². The first-order chi connectivity index (χ1) is 10.4. The highest BCUT2D eigenvalue weighted by atomic mass is 79.9. The van der Waals surface area contributed by atoms with Crippen molar-refractivity contribution in [3.63, 3.8) is 0 Å². The summed E-state index contributed by atoms with van der Waals surface area (Å²) in [6, 6.07) is 9.11. The van der Waals surface area contributed by atoms with E-state index in [4.69, 9.17) is 11.6 Å². The summed E-state index contributed by atoms with van der Waals surface area (Å²) in [5, 5.41) is 5.95. The molecule has 0 heterocycles. The van der Waals surface area contributed by atoms with E-state index in [2.05, 4.69) is 26.6 Å². The molecule has 1 atom stereocenters. The van der Waals surface area contributed by atoms with Crippen LogP contribution in [0, 0.1) is 12.7 Å². The Morgan fingerprint density at radius 3 is 2.64 bits per heavy atom. The van der Waals surface area contributed by atoms with E-state index in [-0.39, 0.29) is 10.9 Å². The standard InChI is InChI=1S/C16H15BrClFN2O/c1-9-7-12(4-5-13(9)17)20-10(2)16(22)21-15-6-3-11(19)8-14(15)18/h3-8,10,20H,1-2H3,(H,21,22)/t10-/m0/s1. The maximum atomic E-state index is 13.0. The molecule has 22 heavy (non-hydrogen) atoms. The number of carbonyl (C=O) groups is 1. The van der Waals surface area contributed by atoms with Crippen molar-refractivity contribution in [3.8, 4) is 0 Å². The second kappa shape index (κ2) is 7.11. The molecule has 0 aliphatic rings. The van der Waals surface area contributed by atoms with Gasteiger partial charge in [-0.15, -0.1) is 0 Å². The number of hydrogen-bond acceptors (Lipinski definition) is 2. The average molecular weight is 386 g/mol. The molecule has 3 nitrogen and oxygen atoms in total. The van der Waals surface area contributed by atoms with Gasteiger partial charge in [0.1, 0.15) is 11.9 Å². The minimum atomic E-state index is -0.471. The van der Waals surface area contributed by atoms with Crippen LogP contribution in [0.15, 0.2) is 40.9 Å². The average Bonchev–Trinajstić information content (AvgIpc) is 2.45. The molecule has 2 N–H and O–H groups in total. The van der Waals surface area contributed by atoms with Gasteiger partial charge in [-0.05, 0) is 55.8 Å². The van der Waals surface area contributed by atoms with Gasteiger partial charge < -0.3 is 10.6 Å². The van der Waals surface area contributed by atoms with Crippen molar-refractivity contribution < 1.29 is 9.18 Å². The van der Waals surface area contributed by atoms with Gasteiger partial charge in [0.2, 0.25) is 5.91 Å². The molecule has 0 fully saturated rings. The first kappa shape index (κ1) is 16.8. The zero-order valence-corrected chi connectivity index (χ0v) is 14.4. The number of anilines is 2. The van der Waals surface area contributed by atoms with Crippen LogP contribution < -0.4 is 10.6 Å². The Bertz CT molecular complexity index is 709. The second-order valence-electron chi connectivity index (χ2n) is 4.94. The lowest BCUT2D eigenvalue weighted by Gasteiger charge is -2.16. The first-order valence-corrected chi connectivity index (χ1v) is 7.82. The van der Waals surface area contributed by atoms with E-state index in [0.717, 1.165) is 21.8 Å². The molecule has 116 valence electrons. The molecule has 0 unspecified atom stereocenters. The smallest absolute Gasteiger partial charge is 0.246 e. The Labute approximate surface area is 142 Å². The molecule has 0 spiro atoms. The van der Waals surface area contributed by atoms with Crippen LogP contribution in [0.25, 0.3) is 0 Å². The SMILES string of the molecule is Cc1cc(N[C@@H](C)C(=O)Nc2ccc(F)cc2Cl)ccc1Br. The van der Waals surface area contributed by atoms with Crippen molar-refractivity contribution in [2.75, 3.05) is 10.6 Å². The first-order valence-electron chi connectivity index (χ1n) is 6.65. The predicted octanol–water partition coefficient (Wildman–Crippen LogP) is 4.99. The third-order valence-corrected chi connectivity index (χ3v) is 4.33. The maximum absolute atomic E-state index is 13.0. The zero-order valence-electron chi connectivity index (χ0n) is 12.1. The number of nitrogens with one attached hydrogen (secondary N) is 2. The summed E-state index contributed by atoms with van der Waals surface area (Å²) in [6.07, 6.45) is 0. The van der Waals surface area contributed by atoms with Gasteiger partial charge in [0.25, 0.3) is 0 Å². The Balaban J connectivity index is 2.04. The van der Waals surface area contributed by atoms with Gasteiger partial charge in [-0.3, -0.25) is 4.79 Å². The summed E-state index contributed by atoms with van der Waals surface area (Å²) in [4.78, 5) is 12.2. The molecule has 2 aromatic rings. The summed E-state index contributed by atoms with van der Waals surface area (Å²) in [7, 11) is 0. The monoisotopic (exact) mass is 384 g/mol. The molecule has 0 saturated heterocycles. The molecule has 0 saturated carbocycles. The summed E-state index contributed by atoms with van der Waals surface area (Å²) in [5.74, 6) is -0.700. The predicted molar refractivity (Wildman–Crippen MR) is 92.0 cm³/mol. The lowest BCUT2D eigenvalue weighted by atomic mass is 10.2. The van der Waals surface area contributed by atoms with E-state index >= 15 is 0 Å². The van der Waals surface area contributed by atoms with Gasteiger partial charge in [0, 0.05) is 10.2 Å². The van der Waals surface area contributed by atoms with Crippen LogP contribution in [0.2, 0.25) is 5.02 Å². The van der Waals surface area contributed by atoms with Crippen molar-refractivity contribution in [1.82, 2.24) is 0 Å². The molecule has 2 aromatic carbocycles. The Morgan fingerprint density at radius 2 is 2.00 bits per heavy atom. The number of carbonyl (C=O) groups excluding carboxylic acids is 1. The molecule has 6 heteroatoms. The largest absolute Gasteiger partial charge is 0.374 e. The number of amides is 1. The van der Waals surface area contributed by atoms with Crippen molar-refractivity contribution in [2.24, 2.45) is 0 Å². The molecule has 0 aliphatic heterocycles. The van der Waals surface area contributed by atoms with Crippen LogP contribution in [0.5, 0.6) is 0 Å². The number of hydrogen-bond donors (Lipinski definition) is 2. The molecule has 0 aromatic heterocycles. The van der Waals surface area contributed by atoms with E-state index in [1.165, 1.54) is 12.1 Å². The minimum absolute atomic E-state index is 0.167. The highest BCUT2D eigenvalue weighted by molar-refractivity contribution is 9.10. The number of aryl methyl sites for hydroxylation is 1. The highest BCUT2D eigenvalue weighted by Crippen LogP contribution is 2.23. The van der Waals surface area contributed by atoms with Gasteiger partial charge >= 0.3 is 0 Å². The molecule has 0 aliphatic carbocycles. The summed E-state index contributed by atoms with van der Waals surface area (Å²) in [6.45, 7) is 3.71. The van der Waals surface area contributed by atoms with Gasteiger partial charge in [0.05, 0.1) is 10.7 Å². The quantitative estimate of drug-likeness (QED) is 0.778. The Hall–Kier alpha value is -1.59. The summed E-state index contributed by atoms with van der Waals surface area (Å²) in [5.41, 5.74) is 2.29. The Morgan fingerprint density at radius 1 is 1.27 bits per heavy atom. The van der Waals surface area contributed by atoms with Crippen LogP contribution >= 0.6 is 27.5 Å². The van der Waals surface area contributed by atoms with Crippen LogP contribution in [-0.2, 0) is 4.79 Å². The highest BCUT2D eigenvalue weighted by Gasteiger charge is 2.14. The minimum Gasteiger partial charge on any atom is -0.374 e. The lowest BCUT2D eigenvalue weighted by molar-refractivity contribution is -0.116. The van der Waals surface area contributed by atoms with E-state index in [9.17, 15) is 9.18 Å². The normalized spacial score (nSPS) is 11.9. The molecule has 0 radical (unpaired) electrons. The number of halogens is 3. The summed E-state index contributed by atoms with van der Waals surface area (Å²) >= 11 is 9.33. The van der Waals surface area contributed by atoms with Crippen molar-refractivity contribution >= 4 is 44.8 Å². The van der Waals surface area contributed by atoms with E-state index < -0.39 is 11.9 Å². The van der Waals surface area contributed by atoms with E-state index in [1.807, 2.05) is 25.1 Å². The zero-order chi connectivity index (χ0) is 16.3. The third kappa shape index (κ3) is 4.21. The van der Waals surface area contributed by atoms with Gasteiger partial charge in [-0.1, -0.05) is 27.5 Å². The van der Waals surface area contributed by atoms with Gasteiger partial charge in [-0.25, -0.2) is 4.39 Å². The van der Waals surface area contributed by atoms with E-state index in [1.54, 1.807) is 6.92 Å². The van der Waals surface area contributed by atoms with Crippen molar-refractivity contribution in [2.45, 2.75) is 19.9 Å². The fourth-order valence-corrected chi connectivity index (χ4v) is 2.34. The molecule has 1 amide bonds. The van der Waals surface area contributed by atoms with E-state index in [0.29, 0.717) is 5.69 Å². The number of rotatable bonds is 4. The second-order valence-corrected chi connectivity index (χ2v) is 6.20. The number of benzene rings is 2. The molecular weight excluding hydrogens is 371 g/mol. The van der Waals surface area contributed by atoms with Crippen molar-refractivity contribution in [3.05, 3.63) is 57.3 Å². The maximum Gasteiger partial charge on any atom is 0.246 e. The summed E-state index contributed by atoms with van der Waals surface area (Å²) < 4.78 is 14.0. The fourth-order valence-electron chi connectivity index (χ4n) is 1.88. The topological polar surface area (TPSA) is 41.1 Å².